The number of carboxylic acids is 1. The van der Waals surface area contributed by atoms with Crippen molar-refractivity contribution in [2.24, 2.45) is 5.10 Å². The number of aromatic nitrogens is 1. The summed E-state index contributed by atoms with van der Waals surface area (Å²) < 4.78 is 5.58. The first-order chi connectivity index (χ1) is 12.1. The van der Waals surface area contributed by atoms with Gasteiger partial charge in [0.25, 0.3) is 5.91 Å². The Bertz CT molecular complexity index is 915. The van der Waals surface area contributed by atoms with Crippen LogP contribution in [0, 0.1) is 0 Å². The summed E-state index contributed by atoms with van der Waals surface area (Å²) in [7, 11) is 0. The molecule has 0 aliphatic carbocycles. The van der Waals surface area contributed by atoms with Crippen LogP contribution in [0.4, 0.5) is 0 Å². The minimum Gasteiger partial charge on any atom is -0.545 e. The highest BCUT2D eigenvalue weighted by atomic mass is 16.4. The zero-order valence-electron chi connectivity index (χ0n) is 12.9. The fourth-order valence-corrected chi connectivity index (χ4v) is 2.07. The highest BCUT2D eigenvalue weighted by molar-refractivity contribution is 5.94. The van der Waals surface area contributed by atoms with Gasteiger partial charge >= 0.3 is 0 Å². The van der Waals surface area contributed by atoms with Gasteiger partial charge in [-0.2, -0.15) is 5.10 Å². The third kappa shape index (κ3) is 3.97. The number of hydrazone groups is 1. The van der Waals surface area contributed by atoms with Crippen molar-refractivity contribution in [3.63, 3.8) is 0 Å². The second kappa shape index (κ2) is 7.22. The maximum Gasteiger partial charge on any atom is 0.271 e. The molecule has 0 bridgehead atoms. The second-order valence-electron chi connectivity index (χ2n) is 5.00. The summed E-state index contributed by atoms with van der Waals surface area (Å²) in [6, 6.07) is 12.7. The van der Waals surface area contributed by atoms with E-state index in [0.29, 0.717) is 22.6 Å². The molecule has 1 aromatic carbocycles. The number of carboxylic acid groups (broad SMARTS) is 1. The normalized spacial score (nSPS) is 10.7. The van der Waals surface area contributed by atoms with Crippen molar-refractivity contribution >= 4 is 18.1 Å². The van der Waals surface area contributed by atoms with Gasteiger partial charge in [-0.05, 0) is 29.8 Å². The third-order valence-electron chi connectivity index (χ3n) is 3.33. The molecule has 2 aromatic heterocycles. The predicted octanol–water partition coefficient (Wildman–Crippen LogP) is 1.47. The van der Waals surface area contributed by atoms with Crippen LogP contribution >= 0.6 is 0 Å². The standard InChI is InChI=1S/C18H13N3O4/c22-17(13-7-9-19-10-8-13)21-20-11-15-5-6-16(25-15)12-1-3-14(4-2-12)18(23)24/h1-11H,(H,21,22)(H,23,24)/p-1/b20-11-. The van der Waals surface area contributed by atoms with E-state index >= 15 is 0 Å². The lowest BCUT2D eigenvalue weighted by Gasteiger charge is -2.02. The van der Waals surface area contributed by atoms with Gasteiger partial charge in [-0.1, -0.05) is 24.3 Å². The number of furan rings is 1. The predicted molar refractivity (Wildman–Crippen MR) is 87.8 cm³/mol. The van der Waals surface area contributed by atoms with Gasteiger partial charge in [-0.25, -0.2) is 5.43 Å². The Balaban J connectivity index is 1.65. The van der Waals surface area contributed by atoms with Gasteiger partial charge in [0.1, 0.15) is 11.5 Å². The van der Waals surface area contributed by atoms with Gasteiger partial charge in [0.2, 0.25) is 0 Å². The van der Waals surface area contributed by atoms with Crippen molar-refractivity contribution in [2.45, 2.75) is 0 Å². The summed E-state index contributed by atoms with van der Waals surface area (Å²) in [5.41, 5.74) is 3.64. The molecule has 0 aliphatic heterocycles. The molecule has 7 nitrogen and oxygen atoms in total. The summed E-state index contributed by atoms with van der Waals surface area (Å²) >= 11 is 0. The van der Waals surface area contributed by atoms with E-state index in [1.807, 2.05) is 0 Å². The van der Waals surface area contributed by atoms with E-state index in [4.69, 9.17) is 4.42 Å². The Morgan fingerprint density at radius 2 is 1.72 bits per heavy atom. The topological polar surface area (TPSA) is 108 Å². The quantitative estimate of drug-likeness (QED) is 0.561. The first-order valence-electron chi connectivity index (χ1n) is 7.28. The summed E-state index contributed by atoms with van der Waals surface area (Å²) in [5, 5.41) is 14.6. The number of hydrogen-bond donors (Lipinski definition) is 1. The van der Waals surface area contributed by atoms with Crippen molar-refractivity contribution in [1.82, 2.24) is 10.4 Å². The molecule has 0 saturated carbocycles. The highest BCUT2D eigenvalue weighted by Gasteiger charge is 2.05. The lowest BCUT2D eigenvalue weighted by Crippen LogP contribution is -2.21. The number of rotatable bonds is 5. The van der Waals surface area contributed by atoms with Gasteiger partial charge in [-0.15, -0.1) is 0 Å². The number of benzene rings is 1. The van der Waals surface area contributed by atoms with Gasteiger partial charge in [0.05, 0.1) is 12.2 Å². The molecular formula is C18H12N3O4-. The molecule has 0 spiro atoms. The van der Waals surface area contributed by atoms with E-state index in [-0.39, 0.29) is 11.5 Å². The molecule has 0 aliphatic rings. The number of nitrogens with one attached hydrogen (secondary N) is 1. The second-order valence-corrected chi connectivity index (χ2v) is 5.00. The monoisotopic (exact) mass is 334 g/mol. The summed E-state index contributed by atoms with van der Waals surface area (Å²) in [6.07, 6.45) is 4.41. The number of carbonyl (C=O) groups is 2. The zero-order chi connectivity index (χ0) is 17.6. The van der Waals surface area contributed by atoms with E-state index in [9.17, 15) is 14.7 Å². The maximum absolute atomic E-state index is 11.8. The smallest absolute Gasteiger partial charge is 0.271 e. The Hall–Kier alpha value is -3.74. The molecule has 0 radical (unpaired) electrons. The minimum atomic E-state index is -1.23. The Labute approximate surface area is 142 Å². The van der Waals surface area contributed by atoms with Crippen LogP contribution in [0.3, 0.4) is 0 Å². The van der Waals surface area contributed by atoms with E-state index < -0.39 is 5.97 Å². The summed E-state index contributed by atoms with van der Waals surface area (Å²) in [4.78, 5) is 26.4. The lowest BCUT2D eigenvalue weighted by molar-refractivity contribution is -0.255. The van der Waals surface area contributed by atoms with Crippen LogP contribution in [-0.2, 0) is 0 Å². The summed E-state index contributed by atoms with van der Waals surface area (Å²) in [5.74, 6) is -0.604. The molecule has 7 heteroatoms. The van der Waals surface area contributed by atoms with Crippen LogP contribution in [0.1, 0.15) is 26.5 Å². The fraction of sp³-hybridized carbons (Fsp3) is 0. The molecule has 3 aromatic rings. The van der Waals surface area contributed by atoms with Crippen LogP contribution < -0.4 is 10.5 Å². The number of aromatic carboxylic acids is 1. The largest absolute Gasteiger partial charge is 0.545 e. The van der Waals surface area contributed by atoms with Crippen LogP contribution in [0.2, 0.25) is 0 Å². The van der Waals surface area contributed by atoms with Crippen molar-refractivity contribution < 1.29 is 19.1 Å². The first-order valence-corrected chi connectivity index (χ1v) is 7.28. The van der Waals surface area contributed by atoms with E-state index in [1.165, 1.54) is 30.7 Å². The van der Waals surface area contributed by atoms with E-state index in [0.717, 1.165) is 0 Å². The van der Waals surface area contributed by atoms with Crippen LogP contribution in [0.15, 0.2) is 70.4 Å². The molecule has 1 N–H and O–H groups in total. The zero-order valence-corrected chi connectivity index (χ0v) is 12.9. The van der Waals surface area contributed by atoms with E-state index in [1.54, 1.807) is 36.4 Å². The number of pyridine rings is 1. The van der Waals surface area contributed by atoms with Crippen LogP contribution in [0.5, 0.6) is 0 Å². The van der Waals surface area contributed by atoms with Crippen LogP contribution in [0.25, 0.3) is 11.3 Å². The summed E-state index contributed by atoms with van der Waals surface area (Å²) in [6.45, 7) is 0. The Kier molecular flexibility index (Phi) is 4.66. The number of hydrogen-bond acceptors (Lipinski definition) is 6. The molecule has 1 amide bonds. The SMILES string of the molecule is O=C([O-])c1ccc(-c2ccc(/C=N\NC(=O)c3ccncc3)o2)cc1. The highest BCUT2D eigenvalue weighted by Crippen LogP contribution is 2.21. The Morgan fingerprint density at radius 3 is 2.40 bits per heavy atom. The van der Waals surface area contributed by atoms with Crippen molar-refractivity contribution in [2.75, 3.05) is 0 Å². The fourth-order valence-electron chi connectivity index (χ4n) is 2.07. The van der Waals surface area contributed by atoms with E-state index in [2.05, 4.69) is 15.5 Å². The van der Waals surface area contributed by atoms with Gasteiger partial charge in [0, 0.05) is 23.5 Å². The molecule has 0 atom stereocenters. The third-order valence-corrected chi connectivity index (χ3v) is 3.33. The molecule has 0 saturated heterocycles. The molecule has 0 unspecified atom stereocenters. The molecule has 2 heterocycles. The van der Waals surface area contributed by atoms with Gasteiger partial charge in [0.15, 0.2) is 0 Å². The van der Waals surface area contributed by atoms with Crippen molar-refractivity contribution in [3.05, 3.63) is 77.8 Å². The molecule has 3 rings (SSSR count). The molecule has 0 fully saturated rings. The first kappa shape index (κ1) is 16.1. The maximum atomic E-state index is 11.8. The molecule has 25 heavy (non-hydrogen) atoms. The Morgan fingerprint density at radius 1 is 1.00 bits per heavy atom. The van der Waals surface area contributed by atoms with Gasteiger partial charge < -0.3 is 14.3 Å². The minimum absolute atomic E-state index is 0.0934. The van der Waals surface area contributed by atoms with Crippen molar-refractivity contribution in [3.8, 4) is 11.3 Å². The van der Waals surface area contributed by atoms with Gasteiger partial charge in [-0.3, -0.25) is 9.78 Å². The lowest BCUT2D eigenvalue weighted by atomic mass is 10.1. The molecular weight excluding hydrogens is 322 g/mol. The van der Waals surface area contributed by atoms with Crippen molar-refractivity contribution in [1.29, 1.82) is 0 Å². The number of amides is 1. The molecule has 124 valence electrons. The number of carbonyl (C=O) groups excluding carboxylic acids is 2. The average Bonchev–Trinajstić information content (AvgIpc) is 3.11. The average molecular weight is 334 g/mol. The van der Waals surface area contributed by atoms with Crippen LogP contribution in [-0.4, -0.2) is 23.1 Å². The number of nitrogens with zero attached hydrogens (tertiary/aromatic N) is 2.